The van der Waals surface area contributed by atoms with Crippen LogP contribution < -0.4 is 0 Å². The molecule has 15 heavy (non-hydrogen) atoms. The van der Waals surface area contributed by atoms with E-state index < -0.39 is 5.97 Å². The second-order valence-corrected chi connectivity index (χ2v) is 5.74. The van der Waals surface area contributed by atoms with Crippen LogP contribution in [0.1, 0.15) is 48.5 Å². The summed E-state index contributed by atoms with van der Waals surface area (Å²) in [4.78, 5) is 9.00. The van der Waals surface area contributed by atoms with Crippen LogP contribution >= 0.6 is 0 Å². The summed E-state index contributed by atoms with van der Waals surface area (Å²) in [5, 5.41) is 7.42. The highest BCUT2D eigenvalue weighted by molar-refractivity contribution is 6.18. The summed E-state index contributed by atoms with van der Waals surface area (Å²) in [6.07, 6.45) is 0. The molecule has 89 valence electrons. The minimum Gasteiger partial charge on any atom is -0.481 e. The summed E-state index contributed by atoms with van der Waals surface area (Å²) in [7, 11) is 0. The molecule has 0 aromatic rings. The summed E-state index contributed by atoms with van der Waals surface area (Å²) in [6, 6.07) is 0. The lowest BCUT2D eigenvalue weighted by atomic mass is 10.2. The number of hydrogen-bond donors (Lipinski definition) is 1. The van der Waals surface area contributed by atoms with Crippen molar-refractivity contribution in [3.8, 4) is 0 Å². The zero-order valence-corrected chi connectivity index (χ0v) is 11.9. The number of aliphatic carboxylic acids is 1. The summed E-state index contributed by atoms with van der Waals surface area (Å²) >= 11 is -0.331. The lowest BCUT2D eigenvalue weighted by molar-refractivity contribution is -0.134. The second-order valence-electron chi connectivity index (χ2n) is 5.08. The Balaban J connectivity index is 0. The van der Waals surface area contributed by atoms with Gasteiger partial charge in [0, 0.05) is 18.1 Å². The molecule has 0 bridgehead atoms. The van der Waals surface area contributed by atoms with Crippen molar-refractivity contribution >= 4 is 21.9 Å². The fraction of sp³-hybridized carbons (Fsp3) is 0.900. The van der Waals surface area contributed by atoms with Crippen molar-refractivity contribution in [2.24, 2.45) is 0 Å². The van der Waals surface area contributed by atoms with E-state index in [1.807, 2.05) is 41.5 Å². The van der Waals surface area contributed by atoms with Crippen molar-refractivity contribution in [3.63, 3.8) is 0 Å². The monoisotopic (exact) mass is 233 g/mol. The van der Waals surface area contributed by atoms with Crippen LogP contribution in [0.15, 0.2) is 0 Å². The Morgan fingerprint density at radius 3 is 1.33 bits per heavy atom. The van der Waals surface area contributed by atoms with Gasteiger partial charge < -0.3 is 12.7 Å². The van der Waals surface area contributed by atoms with Crippen molar-refractivity contribution in [2.45, 2.75) is 59.7 Å². The maximum atomic E-state index is 9.00. The molecule has 0 saturated heterocycles. The highest BCUT2D eigenvalue weighted by atomic mass is 27.2. The standard InChI is InChI=1S/2C4H9O.C2H4O2.Al/c2*1-4(2,3)5;1-2(3)4;/h2*1-3H3;1H3,(H,3,4);/q2*-1;;+2. The molecule has 0 atom stereocenters. The topological polar surface area (TPSA) is 55.8 Å². The third kappa shape index (κ3) is 31.5. The first kappa shape index (κ1) is 17.3. The molecule has 0 rings (SSSR count). The van der Waals surface area contributed by atoms with Crippen LogP contribution in [0, 0.1) is 0 Å². The first-order valence-corrected chi connectivity index (χ1v) is 5.75. The third-order valence-electron chi connectivity index (χ3n) is 0.803. The SMILES string of the molecule is CC(=O)O.CC(C)(C)[O][Al][O]C(C)(C)C. The minimum atomic E-state index is -0.833. The molecule has 0 aromatic carbocycles. The van der Waals surface area contributed by atoms with Crippen LogP contribution in [-0.4, -0.2) is 38.2 Å². The van der Waals surface area contributed by atoms with Crippen molar-refractivity contribution < 1.29 is 17.5 Å². The van der Waals surface area contributed by atoms with Crippen LogP contribution in [-0.2, 0) is 12.4 Å². The van der Waals surface area contributed by atoms with Gasteiger partial charge in [-0.25, -0.2) is 0 Å². The molecule has 1 radical (unpaired) electrons. The molecular weight excluding hydrogens is 211 g/mol. The summed E-state index contributed by atoms with van der Waals surface area (Å²) < 4.78 is 10.9. The van der Waals surface area contributed by atoms with Gasteiger partial charge in [-0.05, 0) is 41.5 Å². The van der Waals surface area contributed by atoms with Gasteiger partial charge in [-0.15, -0.1) is 0 Å². The molecule has 0 fully saturated rings. The van der Waals surface area contributed by atoms with Crippen molar-refractivity contribution in [1.82, 2.24) is 0 Å². The normalized spacial score (nSPS) is 11.4. The molecule has 0 aliphatic heterocycles. The van der Waals surface area contributed by atoms with Crippen LogP contribution in [0.2, 0.25) is 0 Å². The number of hydrogen-bond acceptors (Lipinski definition) is 3. The van der Waals surface area contributed by atoms with Gasteiger partial charge in [-0.1, -0.05) is 0 Å². The first-order valence-electron chi connectivity index (χ1n) is 4.81. The van der Waals surface area contributed by atoms with Gasteiger partial charge in [0.05, 0.1) is 0 Å². The van der Waals surface area contributed by atoms with E-state index in [0.717, 1.165) is 6.92 Å². The van der Waals surface area contributed by atoms with Crippen molar-refractivity contribution in [3.05, 3.63) is 0 Å². The zero-order chi connectivity index (χ0) is 12.7. The first-order chi connectivity index (χ1) is 6.44. The van der Waals surface area contributed by atoms with Gasteiger partial charge in [0.25, 0.3) is 5.97 Å². The molecule has 0 saturated carbocycles. The maximum Gasteiger partial charge on any atom is 0.669 e. The Labute approximate surface area is 99.3 Å². The number of rotatable bonds is 2. The summed E-state index contributed by atoms with van der Waals surface area (Å²) in [5.74, 6) is -0.833. The van der Waals surface area contributed by atoms with Gasteiger partial charge in [0.1, 0.15) is 0 Å². The van der Waals surface area contributed by atoms with E-state index in [2.05, 4.69) is 0 Å². The minimum absolute atomic E-state index is 0.0689. The number of carboxylic acid groups (broad SMARTS) is 1. The third-order valence-corrected chi connectivity index (χ3v) is 2.41. The average Bonchev–Trinajstić information content (AvgIpc) is 1.77. The lowest BCUT2D eigenvalue weighted by Crippen LogP contribution is -2.29. The average molecular weight is 233 g/mol. The largest absolute Gasteiger partial charge is 0.669 e. The van der Waals surface area contributed by atoms with Crippen LogP contribution in [0.3, 0.4) is 0 Å². The van der Waals surface area contributed by atoms with E-state index >= 15 is 0 Å². The molecule has 0 unspecified atom stereocenters. The van der Waals surface area contributed by atoms with Gasteiger partial charge in [0.2, 0.25) is 0 Å². The molecule has 0 amide bonds. The second kappa shape index (κ2) is 7.24. The Morgan fingerprint density at radius 2 is 1.20 bits per heavy atom. The van der Waals surface area contributed by atoms with Gasteiger partial charge >= 0.3 is 15.9 Å². The maximum absolute atomic E-state index is 9.00. The highest BCUT2D eigenvalue weighted by Crippen LogP contribution is 2.09. The van der Waals surface area contributed by atoms with Crippen LogP contribution in [0.25, 0.3) is 0 Å². The summed E-state index contributed by atoms with van der Waals surface area (Å²) in [6.45, 7) is 13.3. The fourth-order valence-corrected chi connectivity index (χ4v) is 0.938. The Kier molecular flexibility index (Phi) is 8.36. The Hall–Kier alpha value is -0.0775. The van der Waals surface area contributed by atoms with Gasteiger partial charge in [-0.2, -0.15) is 0 Å². The molecule has 5 heteroatoms. The van der Waals surface area contributed by atoms with E-state index in [9.17, 15) is 0 Å². The van der Waals surface area contributed by atoms with Gasteiger partial charge in [-0.3, -0.25) is 4.79 Å². The van der Waals surface area contributed by atoms with Crippen LogP contribution in [0.4, 0.5) is 0 Å². The molecule has 0 aliphatic carbocycles. The molecule has 0 spiro atoms. The highest BCUT2D eigenvalue weighted by Gasteiger charge is 2.17. The number of carboxylic acids is 1. The van der Waals surface area contributed by atoms with E-state index in [1.165, 1.54) is 0 Å². The van der Waals surface area contributed by atoms with E-state index in [-0.39, 0.29) is 27.1 Å². The van der Waals surface area contributed by atoms with Crippen molar-refractivity contribution in [2.75, 3.05) is 0 Å². The van der Waals surface area contributed by atoms with Gasteiger partial charge in [0.15, 0.2) is 0 Å². The molecule has 1 N–H and O–H groups in total. The van der Waals surface area contributed by atoms with E-state index in [0.29, 0.717) is 0 Å². The van der Waals surface area contributed by atoms with E-state index in [4.69, 9.17) is 17.5 Å². The Morgan fingerprint density at radius 1 is 1.00 bits per heavy atom. The molecule has 0 heterocycles. The molecular formula is C10H22AlO4. The number of carbonyl (C=O) groups is 1. The summed E-state index contributed by atoms with van der Waals surface area (Å²) in [5.41, 5.74) is -0.138. The van der Waals surface area contributed by atoms with Crippen molar-refractivity contribution in [1.29, 1.82) is 0 Å². The molecule has 0 aromatic heterocycles. The van der Waals surface area contributed by atoms with E-state index in [1.54, 1.807) is 0 Å². The fourth-order valence-electron chi connectivity index (χ4n) is 0.313. The quantitative estimate of drug-likeness (QED) is 0.743. The zero-order valence-electron chi connectivity index (χ0n) is 10.7. The molecule has 4 nitrogen and oxygen atoms in total. The predicted molar refractivity (Wildman–Crippen MR) is 60.7 cm³/mol. The van der Waals surface area contributed by atoms with Crippen LogP contribution in [0.5, 0.6) is 0 Å². The smallest absolute Gasteiger partial charge is 0.481 e. The predicted octanol–water partition coefficient (Wildman–Crippen LogP) is 2.24. The Bertz CT molecular complexity index is 161. The lowest BCUT2D eigenvalue weighted by Gasteiger charge is -2.25. The molecule has 0 aliphatic rings.